The van der Waals surface area contributed by atoms with Crippen LogP contribution < -0.4 is 0 Å². The first-order valence-electron chi connectivity index (χ1n) is 6.43. The van der Waals surface area contributed by atoms with Gasteiger partial charge in [0.2, 0.25) is 0 Å². The number of hydrogen-bond acceptors (Lipinski definition) is 0. The molecule has 0 aliphatic rings. The fourth-order valence-corrected chi connectivity index (χ4v) is 3.03. The fourth-order valence-electron chi connectivity index (χ4n) is 1.53. The van der Waals surface area contributed by atoms with Gasteiger partial charge in [-0.15, -0.1) is 0 Å². The third-order valence-electron chi connectivity index (χ3n) is 3.07. The standard InChI is InChI=1S/C10H14F12Si2/c1-23(19,20)5-3-7(11,12)9(15,16)10(17,18)8(13,14)4-6-24(2,21)22/h3-6H2,1-2H3. The SMILES string of the molecule is C[Si](F)(F)CCC(F)(F)C(F)(F)C(F)(F)C(F)(F)CC[Si](C)(F)F. The molecule has 0 unspecified atom stereocenters. The Labute approximate surface area is 131 Å². The van der Waals surface area contributed by atoms with E-state index in [1.165, 1.54) is 0 Å². The molecular formula is C10H14F12Si2. The van der Waals surface area contributed by atoms with Crippen molar-refractivity contribution in [2.45, 2.75) is 61.7 Å². The molecule has 0 aromatic heterocycles. The van der Waals surface area contributed by atoms with E-state index in [1.807, 2.05) is 0 Å². The molecule has 0 aliphatic heterocycles. The van der Waals surface area contributed by atoms with Gasteiger partial charge >= 0.3 is 41.2 Å². The molecule has 0 heterocycles. The minimum absolute atomic E-state index is 0.182. The zero-order valence-corrected chi connectivity index (χ0v) is 14.4. The van der Waals surface area contributed by atoms with Crippen LogP contribution in [-0.4, -0.2) is 41.2 Å². The number of hydrogen-bond donors (Lipinski definition) is 0. The van der Waals surface area contributed by atoms with Crippen molar-refractivity contribution in [2.75, 3.05) is 0 Å². The highest BCUT2D eigenvalue weighted by Gasteiger charge is 2.79. The maximum absolute atomic E-state index is 13.3. The Hall–Kier alpha value is -0.406. The lowest BCUT2D eigenvalue weighted by Gasteiger charge is -2.37. The summed E-state index contributed by atoms with van der Waals surface area (Å²) in [5.41, 5.74) is 0. The third kappa shape index (κ3) is 5.56. The van der Waals surface area contributed by atoms with E-state index < -0.39 is 66.1 Å². The van der Waals surface area contributed by atoms with E-state index in [-0.39, 0.29) is 13.1 Å². The Bertz CT molecular complexity index is 383. The highest BCUT2D eigenvalue weighted by atomic mass is 28.4. The summed E-state index contributed by atoms with van der Waals surface area (Å²) >= 11 is 0. The summed E-state index contributed by atoms with van der Waals surface area (Å²) < 4.78 is 156. The van der Waals surface area contributed by atoms with Crippen molar-refractivity contribution in [3.05, 3.63) is 0 Å². The summed E-state index contributed by atoms with van der Waals surface area (Å²) in [5, 5.41) is 0. The van der Waals surface area contributed by atoms with Crippen molar-refractivity contribution >= 4 is 17.5 Å². The summed E-state index contributed by atoms with van der Waals surface area (Å²) in [6.07, 6.45) is -4.86. The summed E-state index contributed by atoms with van der Waals surface area (Å²) in [5.74, 6) is -25.1. The maximum Gasteiger partial charge on any atom is 0.422 e. The van der Waals surface area contributed by atoms with Crippen molar-refractivity contribution in [3.8, 4) is 0 Å². The Morgan fingerprint density at radius 2 is 0.750 bits per heavy atom. The Balaban J connectivity index is 5.47. The molecule has 24 heavy (non-hydrogen) atoms. The maximum atomic E-state index is 13.3. The number of halogens is 12. The predicted molar refractivity (Wildman–Crippen MR) is 66.3 cm³/mol. The Morgan fingerprint density at radius 1 is 0.542 bits per heavy atom. The molecular weight excluding hydrogens is 404 g/mol. The van der Waals surface area contributed by atoms with E-state index in [1.54, 1.807) is 0 Å². The van der Waals surface area contributed by atoms with Crippen LogP contribution in [0.3, 0.4) is 0 Å². The summed E-state index contributed by atoms with van der Waals surface area (Å²) in [6.45, 7) is 0.365. The molecule has 0 spiro atoms. The molecule has 146 valence electrons. The summed E-state index contributed by atoms with van der Waals surface area (Å²) in [4.78, 5) is 0. The number of rotatable bonds is 9. The zero-order chi connectivity index (χ0) is 19.8. The van der Waals surface area contributed by atoms with E-state index in [9.17, 15) is 51.6 Å². The van der Waals surface area contributed by atoms with E-state index in [0.29, 0.717) is 0 Å². The first-order chi connectivity index (χ1) is 10.2. The van der Waals surface area contributed by atoms with Crippen molar-refractivity contribution < 1.29 is 51.6 Å². The lowest BCUT2D eigenvalue weighted by molar-refractivity contribution is -0.366. The molecule has 0 nitrogen and oxygen atoms in total. The highest BCUT2D eigenvalue weighted by Crippen LogP contribution is 2.55. The molecule has 0 radical (unpaired) electrons. The van der Waals surface area contributed by atoms with Crippen LogP contribution in [0, 0.1) is 0 Å². The van der Waals surface area contributed by atoms with Gasteiger partial charge < -0.3 is 0 Å². The van der Waals surface area contributed by atoms with Crippen LogP contribution >= 0.6 is 0 Å². The second-order valence-corrected chi connectivity index (χ2v) is 11.0. The average Bonchev–Trinajstić information content (AvgIpc) is 2.32. The molecule has 0 aromatic carbocycles. The summed E-state index contributed by atoms with van der Waals surface area (Å²) in [7, 11) is -10.7. The van der Waals surface area contributed by atoms with Gasteiger partial charge in [-0.05, 0) is 13.1 Å². The van der Waals surface area contributed by atoms with Crippen molar-refractivity contribution in [1.29, 1.82) is 0 Å². The molecule has 0 aromatic rings. The van der Waals surface area contributed by atoms with Crippen LogP contribution in [0.5, 0.6) is 0 Å². The second kappa shape index (κ2) is 6.72. The Morgan fingerprint density at radius 3 is 0.917 bits per heavy atom. The van der Waals surface area contributed by atoms with Crippen LogP contribution in [0.1, 0.15) is 12.8 Å². The van der Waals surface area contributed by atoms with Gasteiger partial charge in [0.1, 0.15) is 0 Å². The predicted octanol–water partition coefficient (Wildman–Crippen LogP) is 6.33. The average molecular weight is 418 g/mol. The van der Waals surface area contributed by atoms with E-state index in [4.69, 9.17) is 0 Å². The molecule has 14 heteroatoms. The zero-order valence-electron chi connectivity index (χ0n) is 12.4. The van der Waals surface area contributed by atoms with Gasteiger partial charge in [-0.3, -0.25) is 16.4 Å². The van der Waals surface area contributed by atoms with Crippen LogP contribution in [-0.2, 0) is 0 Å². The van der Waals surface area contributed by atoms with Crippen LogP contribution in [0.2, 0.25) is 25.2 Å². The van der Waals surface area contributed by atoms with Crippen molar-refractivity contribution in [1.82, 2.24) is 0 Å². The first-order valence-corrected chi connectivity index (χ1v) is 11.4. The molecule has 0 N–H and O–H groups in total. The highest BCUT2D eigenvalue weighted by molar-refractivity contribution is 6.64. The van der Waals surface area contributed by atoms with Gasteiger partial charge in [-0.25, -0.2) is 0 Å². The van der Waals surface area contributed by atoms with Crippen LogP contribution in [0.15, 0.2) is 0 Å². The molecule has 0 saturated heterocycles. The topological polar surface area (TPSA) is 0 Å². The Kier molecular flexibility index (Phi) is 6.61. The van der Waals surface area contributed by atoms with Gasteiger partial charge in [-0.2, -0.15) is 35.1 Å². The lowest BCUT2D eigenvalue weighted by atomic mass is 9.95. The minimum Gasteiger partial charge on any atom is -0.271 e. The quantitative estimate of drug-likeness (QED) is 0.233. The summed E-state index contributed by atoms with van der Waals surface area (Å²) in [6, 6.07) is -3.64. The normalized spacial score (nSPS) is 15.8. The van der Waals surface area contributed by atoms with Gasteiger partial charge in [0.25, 0.3) is 0 Å². The fraction of sp³-hybridized carbons (Fsp3) is 1.00. The van der Waals surface area contributed by atoms with Crippen LogP contribution in [0.25, 0.3) is 0 Å². The van der Waals surface area contributed by atoms with Gasteiger partial charge in [0.15, 0.2) is 0 Å². The van der Waals surface area contributed by atoms with E-state index >= 15 is 0 Å². The molecule has 0 atom stereocenters. The van der Waals surface area contributed by atoms with Gasteiger partial charge in [0, 0.05) is 24.9 Å². The molecule has 0 aliphatic carbocycles. The first kappa shape index (κ1) is 23.6. The lowest BCUT2D eigenvalue weighted by Crippen LogP contribution is -2.62. The molecule has 0 fully saturated rings. The van der Waals surface area contributed by atoms with Crippen molar-refractivity contribution in [3.63, 3.8) is 0 Å². The van der Waals surface area contributed by atoms with E-state index in [0.717, 1.165) is 0 Å². The second-order valence-electron chi connectivity index (χ2n) is 5.70. The molecule has 0 bridgehead atoms. The molecule has 0 rings (SSSR count). The smallest absolute Gasteiger partial charge is 0.271 e. The van der Waals surface area contributed by atoms with Gasteiger partial charge in [0.05, 0.1) is 0 Å². The largest absolute Gasteiger partial charge is 0.422 e. The van der Waals surface area contributed by atoms with Gasteiger partial charge in [-0.1, -0.05) is 0 Å². The third-order valence-corrected chi connectivity index (χ3v) is 5.32. The van der Waals surface area contributed by atoms with Crippen molar-refractivity contribution in [2.24, 2.45) is 0 Å². The molecule has 0 amide bonds. The van der Waals surface area contributed by atoms with Crippen LogP contribution in [0.4, 0.5) is 51.6 Å². The number of alkyl halides is 8. The molecule has 0 saturated carbocycles. The van der Waals surface area contributed by atoms with E-state index in [2.05, 4.69) is 0 Å². The monoisotopic (exact) mass is 418 g/mol. The minimum atomic E-state index is -6.69.